The minimum Gasteiger partial charge on any atom is -0.495 e. The van der Waals surface area contributed by atoms with Crippen molar-refractivity contribution in [2.45, 2.75) is 18.2 Å². The lowest BCUT2D eigenvalue weighted by atomic mass is 9.90. The smallest absolute Gasteiger partial charge is 0.250 e. The summed E-state index contributed by atoms with van der Waals surface area (Å²) in [5, 5.41) is 0. The van der Waals surface area contributed by atoms with Crippen molar-refractivity contribution in [1.29, 1.82) is 0 Å². The SMILES string of the molecule is COc1cccc(OC)c1S(=O)(=O)N1CCC(C)(CN)C1. The lowest BCUT2D eigenvalue weighted by Gasteiger charge is -2.23. The van der Waals surface area contributed by atoms with Crippen LogP contribution in [-0.2, 0) is 10.0 Å². The van der Waals surface area contributed by atoms with E-state index < -0.39 is 10.0 Å². The third-order valence-corrected chi connectivity index (χ3v) is 5.91. The molecular weight excluding hydrogens is 292 g/mol. The van der Waals surface area contributed by atoms with Crippen LogP contribution in [0.15, 0.2) is 23.1 Å². The largest absolute Gasteiger partial charge is 0.495 e. The summed E-state index contributed by atoms with van der Waals surface area (Å²) in [4.78, 5) is 0.0799. The second-order valence-electron chi connectivity index (χ2n) is 5.60. The molecule has 7 heteroatoms. The van der Waals surface area contributed by atoms with Gasteiger partial charge in [0.2, 0.25) is 10.0 Å². The number of ether oxygens (including phenoxy) is 2. The number of rotatable bonds is 5. The van der Waals surface area contributed by atoms with Gasteiger partial charge in [-0.15, -0.1) is 0 Å². The quantitative estimate of drug-likeness (QED) is 0.879. The van der Waals surface area contributed by atoms with Crippen molar-refractivity contribution < 1.29 is 17.9 Å². The fourth-order valence-corrected chi connectivity index (χ4v) is 4.43. The number of nitrogens with two attached hydrogens (primary N) is 1. The molecule has 2 rings (SSSR count). The molecular formula is C14H22N2O4S. The summed E-state index contributed by atoms with van der Waals surface area (Å²) >= 11 is 0. The Balaban J connectivity index is 2.46. The van der Waals surface area contributed by atoms with Crippen molar-refractivity contribution in [3.63, 3.8) is 0 Å². The second-order valence-corrected chi connectivity index (χ2v) is 7.47. The zero-order valence-electron chi connectivity index (χ0n) is 12.6. The predicted octanol–water partition coefficient (Wildman–Crippen LogP) is 1.06. The van der Waals surface area contributed by atoms with E-state index in [1.807, 2.05) is 6.92 Å². The fourth-order valence-electron chi connectivity index (χ4n) is 2.55. The highest BCUT2D eigenvalue weighted by Gasteiger charge is 2.41. The molecule has 21 heavy (non-hydrogen) atoms. The molecule has 6 nitrogen and oxygen atoms in total. The molecule has 1 heterocycles. The molecule has 1 fully saturated rings. The van der Waals surface area contributed by atoms with Crippen LogP contribution in [-0.4, -0.2) is 46.6 Å². The maximum Gasteiger partial charge on any atom is 0.250 e. The van der Waals surface area contributed by atoms with Gasteiger partial charge in [-0.1, -0.05) is 13.0 Å². The minimum atomic E-state index is -3.68. The molecule has 0 bridgehead atoms. The molecule has 1 aliphatic heterocycles. The Labute approximate surface area is 125 Å². The van der Waals surface area contributed by atoms with Gasteiger partial charge in [-0.25, -0.2) is 8.42 Å². The Bertz CT molecular complexity index is 595. The number of hydrogen-bond acceptors (Lipinski definition) is 5. The van der Waals surface area contributed by atoms with Crippen molar-refractivity contribution in [2.75, 3.05) is 33.9 Å². The molecule has 0 aromatic heterocycles. The highest BCUT2D eigenvalue weighted by Crippen LogP contribution is 2.39. The molecule has 118 valence electrons. The molecule has 1 aromatic carbocycles. The highest BCUT2D eigenvalue weighted by molar-refractivity contribution is 7.89. The van der Waals surface area contributed by atoms with Crippen molar-refractivity contribution >= 4 is 10.0 Å². The summed E-state index contributed by atoms with van der Waals surface area (Å²) in [6.45, 7) is 3.33. The van der Waals surface area contributed by atoms with E-state index in [0.29, 0.717) is 19.6 Å². The van der Waals surface area contributed by atoms with Gasteiger partial charge in [-0.05, 0) is 30.5 Å². The zero-order valence-corrected chi connectivity index (χ0v) is 13.4. The third-order valence-electron chi connectivity index (χ3n) is 4.00. The summed E-state index contributed by atoms with van der Waals surface area (Å²) in [6, 6.07) is 4.94. The lowest BCUT2D eigenvalue weighted by molar-refractivity contribution is 0.344. The average molecular weight is 314 g/mol. The van der Waals surface area contributed by atoms with E-state index in [4.69, 9.17) is 15.2 Å². The van der Waals surface area contributed by atoms with Crippen molar-refractivity contribution in [2.24, 2.45) is 11.1 Å². The predicted molar refractivity (Wildman–Crippen MR) is 80.1 cm³/mol. The number of hydrogen-bond donors (Lipinski definition) is 1. The van der Waals surface area contributed by atoms with Gasteiger partial charge in [0.05, 0.1) is 14.2 Å². The first kappa shape index (κ1) is 16.1. The van der Waals surface area contributed by atoms with Crippen molar-refractivity contribution in [3.05, 3.63) is 18.2 Å². The Kier molecular flexibility index (Phi) is 4.46. The Morgan fingerprint density at radius 2 is 1.86 bits per heavy atom. The number of methoxy groups -OCH3 is 2. The van der Waals surface area contributed by atoms with E-state index in [1.165, 1.54) is 18.5 Å². The van der Waals surface area contributed by atoms with E-state index in [-0.39, 0.29) is 21.8 Å². The monoisotopic (exact) mass is 314 g/mol. The second kappa shape index (κ2) is 5.82. The number of nitrogens with zero attached hydrogens (tertiary/aromatic N) is 1. The van der Waals surface area contributed by atoms with Crippen LogP contribution >= 0.6 is 0 Å². The number of benzene rings is 1. The van der Waals surface area contributed by atoms with E-state index >= 15 is 0 Å². The zero-order chi connectivity index (χ0) is 15.7. The molecule has 0 aliphatic carbocycles. The normalized spacial score (nSPS) is 23.2. The molecule has 0 radical (unpaired) electrons. The third kappa shape index (κ3) is 2.86. The lowest BCUT2D eigenvalue weighted by Crippen LogP contribution is -2.34. The molecule has 0 amide bonds. The van der Waals surface area contributed by atoms with E-state index in [0.717, 1.165) is 6.42 Å². The van der Waals surface area contributed by atoms with Gasteiger partial charge in [0.15, 0.2) is 4.90 Å². The summed E-state index contributed by atoms with van der Waals surface area (Å²) in [5.74, 6) is 0.575. The maximum atomic E-state index is 12.9. The molecule has 1 atom stereocenters. The molecule has 1 aromatic rings. The summed E-state index contributed by atoms with van der Waals surface area (Å²) < 4.78 is 37.7. The van der Waals surface area contributed by atoms with Crippen LogP contribution in [0, 0.1) is 5.41 Å². The van der Waals surface area contributed by atoms with Gasteiger partial charge in [0.1, 0.15) is 11.5 Å². The van der Waals surface area contributed by atoms with Gasteiger partial charge >= 0.3 is 0 Å². The van der Waals surface area contributed by atoms with Gasteiger partial charge in [-0.2, -0.15) is 4.31 Å². The maximum absolute atomic E-state index is 12.9. The Hall–Kier alpha value is -1.31. The molecule has 1 unspecified atom stereocenters. The van der Waals surface area contributed by atoms with Crippen LogP contribution in [0.1, 0.15) is 13.3 Å². The van der Waals surface area contributed by atoms with Crippen molar-refractivity contribution in [1.82, 2.24) is 4.31 Å². The van der Waals surface area contributed by atoms with Crippen LogP contribution in [0.3, 0.4) is 0 Å². The van der Waals surface area contributed by atoms with Crippen molar-refractivity contribution in [3.8, 4) is 11.5 Å². The Morgan fingerprint density at radius 3 is 2.29 bits per heavy atom. The fraction of sp³-hybridized carbons (Fsp3) is 0.571. The van der Waals surface area contributed by atoms with Crippen LogP contribution in [0.25, 0.3) is 0 Å². The first-order valence-corrected chi connectivity index (χ1v) is 8.23. The Morgan fingerprint density at radius 1 is 1.29 bits per heavy atom. The average Bonchev–Trinajstić information content (AvgIpc) is 2.90. The van der Waals surface area contributed by atoms with Gasteiger partial charge in [0, 0.05) is 13.1 Å². The summed E-state index contributed by atoms with van der Waals surface area (Å²) in [5.41, 5.74) is 5.58. The van der Waals surface area contributed by atoms with Crippen LogP contribution < -0.4 is 15.2 Å². The minimum absolute atomic E-state index is 0.0799. The van der Waals surface area contributed by atoms with Gasteiger partial charge in [0.25, 0.3) is 0 Å². The number of sulfonamides is 1. The van der Waals surface area contributed by atoms with E-state index in [9.17, 15) is 8.42 Å². The molecule has 1 aliphatic rings. The molecule has 0 saturated carbocycles. The molecule has 2 N–H and O–H groups in total. The summed E-state index contributed by atoms with van der Waals surface area (Å²) in [6.07, 6.45) is 0.750. The van der Waals surface area contributed by atoms with Crippen LogP contribution in [0.4, 0.5) is 0 Å². The first-order chi connectivity index (χ1) is 9.88. The highest BCUT2D eigenvalue weighted by atomic mass is 32.2. The van der Waals surface area contributed by atoms with Gasteiger partial charge in [-0.3, -0.25) is 0 Å². The molecule has 0 spiro atoms. The van der Waals surface area contributed by atoms with Crippen LogP contribution in [0.5, 0.6) is 11.5 Å². The summed E-state index contributed by atoms with van der Waals surface area (Å²) in [7, 11) is -0.785. The van der Waals surface area contributed by atoms with Gasteiger partial charge < -0.3 is 15.2 Å². The molecule has 1 saturated heterocycles. The van der Waals surface area contributed by atoms with E-state index in [1.54, 1.807) is 18.2 Å². The first-order valence-electron chi connectivity index (χ1n) is 6.79. The van der Waals surface area contributed by atoms with Crippen LogP contribution in [0.2, 0.25) is 0 Å². The standard InChI is InChI=1S/C14H22N2O4S/c1-14(9-15)7-8-16(10-14)21(17,18)13-11(19-2)5-4-6-12(13)20-3/h4-6H,7-10,15H2,1-3H3. The van der Waals surface area contributed by atoms with E-state index in [2.05, 4.69) is 0 Å². The topological polar surface area (TPSA) is 81.9 Å².